The fourth-order valence-electron chi connectivity index (χ4n) is 0.681. The largest absolute Gasteiger partial charge is 0.461 e. The molecule has 0 bridgehead atoms. The smallest absolute Gasteiger partial charge is 0.338 e. The van der Waals surface area contributed by atoms with Crippen molar-refractivity contribution < 1.29 is 14.6 Å². The van der Waals surface area contributed by atoms with E-state index in [-0.39, 0.29) is 6.10 Å². The Morgan fingerprint density at radius 1 is 1.67 bits per heavy atom. The quantitative estimate of drug-likeness (QED) is 0.676. The number of thioether (sulfide) groups is 1. The van der Waals surface area contributed by atoms with Crippen LogP contribution in [-0.2, 0) is 9.53 Å². The third-order valence-corrected chi connectivity index (χ3v) is 2.06. The van der Waals surface area contributed by atoms with Crippen molar-refractivity contribution >= 4 is 17.7 Å². The minimum absolute atomic E-state index is 0.175. The van der Waals surface area contributed by atoms with Crippen LogP contribution < -0.4 is 0 Å². The van der Waals surface area contributed by atoms with E-state index in [1.807, 2.05) is 6.26 Å². The van der Waals surface area contributed by atoms with Crippen LogP contribution in [0.4, 0.5) is 0 Å². The summed E-state index contributed by atoms with van der Waals surface area (Å²) in [6.07, 6.45) is 1.66. The summed E-state index contributed by atoms with van der Waals surface area (Å²) in [7, 11) is 0. The van der Waals surface area contributed by atoms with Gasteiger partial charge in [0.1, 0.15) is 0 Å². The Morgan fingerprint density at radius 2 is 2.17 bits per heavy atom. The summed E-state index contributed by atoms with van der Waals surface area (Å²) < 4.78 is 4.87. The van der Waals surface area contributed by atoms with Gasteiger partial charge < -0.3 is 9.84 Å². The topological polar surface area (TPSA) is 46.5 Å². The highest BCUT2D eigenvalue weighted by atomic mass is 32.2. The molecule has 1 N–H and O–H groups in total. The molecule has 4 heteroatoms. The van der Waals surface area contributed by atoms with Crippen LogP contribution in [0.2, 0.25) is 0 Å². The second-order valence-corrected chi connectivity index (χ2v) is 4.03. The molecule has 3 nitrogen and oxygen atoms in total. The summed E-state index contributed by atoms with van der Waals surface area (Å²) in [4.78, 5) is 11.2. The summed E-state index contributed by atoms with van der Waals surface area (Å²) >= 11 is 1.41. The molecular weight excluding hydrogens is 176 g/mol. The molecule has 0 aromatic heterocycles. The Hall–Kier alpha value is -0.220. The average Bonchev–Trinajstić information content (AvgIpc) is 1.85. The maximum absolute atomic E-state index is 11.2. The van der Waals surface area contributed by atoms with Crippen molar-refractivity contribution in [2.45, 2.75) is 32.5 Å². The highest BCUT2D eigenvalue weighted by Gasteiger charge is 2.31. The van der Waals surface area contributed by atoms with Gasteiger partial charge in [-0.25, -0.2) is 4.79 Å². The minimum Gasteiger partial charge on any atom is -0.461 e. The second kappa shape index (κ2) is 4.72. The van der Waals surface area contributed by atoms with E-state index in [2.05, 4.69) is 0 Å². The van der Waals surface area contributed by atoms with Crippen molar-refractivity contribution in [2.75, 3.05) is 12.0 Å². The predicted molar refractivity (Wildman–Crippen MR) is 50.2 cm³/mol. The monoisotopic (exact) mass is 192 g/mol. The number of rotatable bonds is 4. The lowest BCUT2D eigenvalue weighted by Gasteiger charge is -2.21. The zero-order valence-corrected chi connectivity index (χ0v) is 8.77. The summed E-state index contributed by atoms with van der Waals surface area (Å²) in [5.74, 6) is -0.190. The maximum Gasteiger partial charge on any atom is 0.338 e. The Labute approximate surface area is 77.5 Å². The molecule has 0 saturated carbocycles. The lowest BCUT2D eigenvalue weighted by Crippen LogP contribution is -2.40. The van der Waals surface area contributed by atoms with Crippen molar-refractivity contribution in [2.24, 2.45) is 0 Å². The number of carbonyl (C=O) groups is 1. The van der Waals surface area contributed by atoms with Crippen LogP contribution in [0.3, 0.4) is 0 Å². The van der Waals surface area contributed by atoms with Gasteiger partial charge in [0, 0.05) is 5.75 Å². The number of ether oxygens (including phenoxy) is 1. The molecule has 0 aliphatic heterocycles. The van der Waals surface area contributed by atoms with Crippen molar-refractivity contribution in [3.8, 4) is 0 Å². The Kier molecular flexibility index (Phi) is 4.63. The van der Waals surface area contributed by atoms with E-state index in [0.717, 1.165) is 0 Å². The van der Waals surface area contributed by atoms with Crippen LogP contribution in [0.25, 0.3) is 0 Å². The molecule has 1 unspecified atom stereocenters. The van der Waals surface area contributed by atoms with Gasteiger partial charge in [0.05, 0.1) is 6.10 Å². The van der Waals surface area contributed by atoms with Crippen molar-refractivity contribution in [1.82, 2.24) is 0 Å². The van der Waals surface area contributed by atoms with Crippen LogP contribution in [0.15, 0.2) is 0 Å². The molecule has 0 radical (unpaired) electrons. The van der Waals surface area contributed by atoms with E-state index in [9.17, 15) is 9.90 Å². The van der Waals surface area contributed by atoms with E-state index in [4.69, 9.17) is 4.74 Å². The van der Waals surface area contributed by atoms with Crippen molar-refractivity contribution in [1.29, 1.82) is 0 Å². The molecule has 1 atom stereocenters. The molecule has 72 valence electrons. The van der Waals surface area contributed by atoms with Crippen LogP contribution in [-0.4, -0.2) is 34.8 Å². The molecule has 0 aromatic carbocycles. The summed E-state index contributed by atoms with van der Waals surface area (Å²) in [5.41, 5.74) is -1.36. The molecular formula is C8H16O3S. The fraction of sp³-hybridized carbons (Fsp3) is 0.875. The zero-order valence-electron chi connectivity index (χ0n) is 7.96. The number of carbonyl (C=O) groups excluding carboxylic acids is 1. The number of hydrogen-bond donors (Lipinski definition) is 1. The molecule has 0 aromatic rings. The molecule has 0 amide bonds. The average molecular weight is 192 g/mol. The Bertz CT molecular complexity index is 154. The molecule has 12 heavy (non-hydrogen) atoms. The summed E-state index contributed by atoms with van der Waals surface area (Å²) in [6.45, 7) is 4.98. The standard InChI is InChI=1S/C8H16O3S/c1-6(2)11-7(9)8(3,10)5-12-4/h6,10H,5H2,1-4H3. The first-order valence-corrected chi connectivity index (χ1v) is 5.22. The van der Waals surface area contributed by atoms with Crippen molar-refractivity contribution in [3.63, 3.8) is 0 Å². The molecule has 0 rings (SSSR count). The zero-order chi connectivity index (χ0) is 9.78. The molecule has 0 aliphatic rings. The number of hydrogen-bond acceptors (Lipinski definition) is 4. The molecule has 0 spiro atoms. The van der Waals surface area contributed by atoms with Gasteiger partial charge in [-0.3, -0.25) is 0 Å². The van der Waals surface area contributed by atoms with Gasteiger partial charge in [-0.1, -0.05) is 0 Å². The maximum atomic E-state index is 11.2. The third kappa shape index (κ3) is 3.97. The minimum atomic E-state index is -1.36. The summed E-state index contributed by atoms with van der Waals surface area (Å²) in [6, 6.07) is 0. The van der Waals surface area contributed by atoms with E-state index in [0.29, 0.717) is 5.75 Å². The Morgan fingerprint density at radius 3 is 2.50 bits per heavy atom. The van der Waals surface area contributed by atoms with Crippen molar-refractivity contribution in [3.05, 3.63) is 0 Å². The van der Waals surface area contributed by atoms with Gasteiger partial charge in [-0.15, -0.1) is 0 Å². The molecule has 0 aliphatic carbocycles. The fourth-order valence-corrected chi connectivity index (χ4v) is 1.36. The van der Waals surface area contributed by atoms with E-state index >= 15 is 0 Å². The van der Waals surface area contributed by atoms with Gasteiger partial charge in [0.25, 0.3) is 0 Å². The van der Waals surface area contributed by atoms with Gasteiger partial charge in [0.2, 0.25) is 0 Å². The van der Waals surface area contributed by atoms with Crippen LogP contribution in [0, 0.1) is 0 Å². The normalized spacial score (nSPS) is 15.8. The number of esters is 1. The van der Waals surface area contributed by atoms with Gasteiger partial charge in [-0.2, -0.15) is 11.8 Å². The van der Waals surface area contributed by atoms with Gasteiger partial charge in [0.15, 0.2) is 5.60 Å². The van der Waals surface area contributed by atoms with Gasteiger partial charge >= 0.3 is 5.97 Å². The van der Waals surface area contributed by atoms with E-state index in [1.54, 1.807) is 13.8 Å². The molecule has 0 saturated heterocycles. The number of aliphatic hydroxyl groups is 1. The molecule has 0 fully saturated rings. The lowest BCUT2D eigenvalue weighted by atomic mass is 10.1. The van der Waals surface area contributed by atoms with Crippen LogP contribution >= 0.6 is 11.8 Å². The van der Waals surface area contributed by atoms with E-state index in [1.165, 1.54) is 18.7 Å². The predicted octanol–water partition coefficient (Wildman–Crippen LogP) is 1.05. The first kappa shape index (κ1) is 11.8. The van der Waals surface area contributed by atoms with E-state index < -0.39 is 11.6 Å². The SMILES string of the molecule is CSCC(C)(O)C(=O)OC(C)C. The molecule has 0 heterocycles. The first-order chi connectivity index (χ1) is 5.40. The lowest BCUT2D eigenvalue weighted by molar-refractivity contribution is -0.165. The third-order valence-electron chi connectivity index (χ3n) is 1.21. The van der Waals surface area contributed by atoms with Crippen LogP contribution in [0.5, 0.6) is 0 Å². The Balaban J connectivity index is 4.06. The highest BCUT2D eigenvalue weighted by Crippen LogP contribution is 2.13. The van der Waals surface area contributed by atoms with Crippen LogP contribution in [0.1, 0.15) is 20.8 Å². The first-order valence-electron chi connectivity index (χ1n) is 3.82. The van der Waals surface area contributed by atoms with Gasteiger partial charge in [-0.05, 0) is 27.0 Å². The highest BCUT2D eigenvalue weighted by molar-refractivity contribution is 7.98. The second-order valence-electron chi connectivity index (χ2n) is 3.16. The summed E-state index contributed by atoms with van der Waals surface area (Å²) in [5, 5.41) is 9.54.